The quantitative estimate of drug-likeness (QED) is 0.629. The molecule has 0 amide bonds. The van der Waals surface area contributed by atoms with Gasteiger partial charge >= 0.3 is 0 Å². The monoisotopic (exact) mass is 167 g/mol. The number of hydrogen-bond donors (Lipinski definition) is 0. The fourth-order valence-electron chi connectivity index (χ4n) is 0.661. The molecule has 1 aromatic carbocycles. The fourth-order valence-corrected chi connectivity index (χ4v) is 0.832. The van der Waals surface area contributed by atoms with Gasteiger partial charge in [-0.05, 0) is 24.3 Å². The number of rotatable bonds is 3. The average molecular weight is 168 g/mol. The first-order chi connectivity index (χ1) is 5.33. The van der Waals surface area contributed by atoms with Crippen LogP contribution in [0.4, 0.5) is 0 Å². The summed E-state index contributed by atoms with van der Waals surface area (Å²) >= 11 is 5.69. The van der Waals surface area contributed by atoms with Gasteiger partial charge in [0, 0.05) is 5.02 Å². The summed E-state index contributed by atoms with van der Waals surface area (Å²) in [6.07, 6.45) is 1.68. The fraction of sp³-hybridized carbons (Fsp3) is 0.111. The van der Waals surface area contributed by atoms with Crippen molar-refractivity contribution >= 4 is 11.6 Å². The van der Waals surface area contributed by atoms with Gasteiger partial charge in [-0.15, -0.1) is 0 Å². The largest absolute Gasteiger partial charge is 0.489 e. The summed E-state index contributed by atoms with van der Waals surface area (Å²) in [7, 11) is 0. The molecule has 0 bridgehead atoms. The lowest BCUT2D eigenvalue weighted by molar-refractivity contribution is 0.363. The van der Waals surface area contributed by atoms with E-state index in [-0.39, 0.29) is 0 Å². The van der Waals surface area contributed by atoms with Gasteiger partial charge in [0.1, 0.15) is 12.4 Å². The van der Waals surface area contributed by atoms with Gasteiger partial charge in [0.25, 0.3) is 0 Å². The van der Waals surface area contributed by atoms with Crippen molar-refractivity contribution in [3.8, 4) is 5.75 Å². The molecule has 1 rings (SSSR count). The summed E-state index contributed by atoms with van der Waals surface area (Å²) < 4.78 is 5.20. The Bertz CT molecular complexity index is 245. The molecule has 0 aliphatic carbocycles. The van der Waals surface area contributed by atoms with Crippen LogP contribution >= 0.6 is 11.6 Å². The predicted molar refractivity (Wildman–Crippen MR) is 46.0 cm³/mol. The van der Waals surface area contributed by atoms with E-state index in [1.54, 1.807) is 24.3 Å². The second kappa shape index (κ2) is 4.04. The van der Waals surface area contributed by atoms with Crippen molar-refractivity contribution in [3.05, 3.63) is 41.9 Å². The van der Waals surface area contributed by atoms with Crippen molar-refractivity contribution in [1.82, 2.24) is 0 Å². The molecule has 1 aromatic rings. The average Bonchev–Trinajstić information content (AvgIpc) is 2.01. The smallest absolute Gasteiger partial charge is 0.121 e. The molecule has 0 fully saturated rings. The molecular formula is C9H8ClO. The van der Waals surface area contributed by atoms with Crippen molar-refractivity contribution in [2.24, 2.45) is 0 Å². The number of ether oxygens (including phenoxy) is 1. The van der Waals surface area contributed by atoms with Crippen LogP contribution in [0, 0.1) is 6.07 Å². The Balaban J connectivity index is 2.63. The molecule has 11 heavy (non-hydrogen) atoms. The Morgan fingerprint density at radius 1 is 1.64 bits per heavy atom. The van der Waals surface area contributed by atoms with Crippen molar-refractivity contribution in [1.29, 1.82) is 0 Å². The third-order valence-corrected chi connectivity index (χ3v) is 1.31. The van der Waals surface area contributed by atoms with E-state index in [0.717, 1.165) is 5.75 Å². The molecule has 0 aliphatic rings. The Hall–Kier alpha value is -0.950. The maximum Gasteiger partial charge on any atom is 0.121 e. The molecule has 0 heterocycles. The zero-order chi connectivity index (χ0) is 8.10. The van der Waals surface area contributed by atoms with Crippen LogP contribution in [0.15, 0.2) is 30.9 Å². The summed E-state index contributed by atoms with van der Waals surface area (Å²) in [5.74, 6) is 0.720. The van der Waals surface area contributed by atoms with E-state index in [2.05, 4.69) is 12.6 Å². The molecule has 0 saturated carbocycles. The molecule has 0 atom stereocenters. The van der Waals surface area contributed by atoms with E-state index in [9.17, 15) is 0 Å². The number of hydrogen-bond acceptors (Lipinski definition) is 1. The maximum atomic E-state index is 5.69. The zero-order valence-corrected chi connectivity index (χ0v) is 6.77. The summed E-state index contributed by atoms with van der Waals surface area (Å²) in [5.41, 5.74) is 0. The summed E-state index contributed by atoms with van der Waals surface area (Å²) in [6.45, 7) is 4.02. The molecule has 1 radical (unpaired) electrons. The summed E-state index contributed by atoms with van der Waals surface area (Å²) in [5, 5.41) is 0.631. The molecule has 0 spiro atoms. The van der Waals surface area contributed by atoms with Gasteiger partial charge in [-0.1, -0.05) is 24.3 Å². The normalized spacial score (nSPS) is 9.18. The SMILES string of the molecule is C=CCOc1c[c]cc(Cl)c1. The van der Waals surface area contributed by atoms with Crippen molar-refractivity contribution in [2.75, 3.05) is 6.61 Å². The second-order valence-corrected chi connectivity index (χ2v) is 2.42. The van der Waals surface area contributed by atoms with Crippen LogP contribution in [0.3, 0.4) is 0 Å². The van der Waals surface area contributed by atoms with Gasteiger partial charge in [0.05, 0.1) is 0 Å². The lowest BCUT2D eigenvalue weighted by atomic mass is 10.3. The van der Waals surface area contributed by atoms with Gasteiger partial charge in [0.2, 0.25) is 0 Å². The highest BCUT2D eigenvalue weighted by atomic mass is 35.5. The molecule has 1 nitrogen and oxygen atoms in total. The molecule has 0 unspecified atom stereocenters. The summed E-state index contributed by atoms with van der Waals surface area (Å²) in [6, 6.07) is 8.00. The van der Waals surface area contributed by atoms with Crippen molar-refractivity contribution in [2.45, 2.75) is 0 Å². The van der Waals surface area contributed by atoms with Gasteiger partial charge < -0.3 is 4.74 Å². The predicted octanol–water partition coefficient (Wildman–Crippen LogP) is 2.70. The zero-order valence-electron chi connectivity index (χ0n) is 6.01. The first-order valence-electron chi connectivity index (χ1n) is 3.23. The molecular weight excluding hydrogens is 160 g/mol. The number of halogens is 1. The van der Waals surface area contributed by atoms with E-state index >= 15 is 0 Å². The van der Waals surface area contributed by atoms with Crippen LogP contribution in [0.1, 0.15) is 0 Å². The molecule has 2 heteroatoms. The van der Waals surface area contributed by atoms with Crippen LogP contribution < -0.4 is 4.74 Å². The number of benzene rings is 1. The van der Waals surface area contributed by atoms with Crippen LogP contribution in [-0.2, 0) is 0 Å². The van der Waals surface area contributed by atoms with Gasteiger partial charge in [-0.2, -0.15) is 0 Å². The Labute approximate surface area is 71.3 Å². The van der Waals surface area contributed by atoms with Gasteiger partial charge in [-0.3, -0.25) is 0 Å². The van der Waals surface area contributed by atoms with E-state index in [1.165, 1.54) is 0 Å². The first kappa shape index (κ1) is 8.15. The Morgan fingerprint density at radius 2 is 2.45 bits per heavy atom. The van der Waals surface area contributed by atoms with E-state index < -0.39 is 0 Å². The van der Waals surface area contributed by atoms with E-state index in [4.69, 9.17) is 16.3 Å². The highest BCUT2D eigenvalue weighted by Gasteiger charge is 1.91. The Kier molecular flexibility index (Phi) is 2.99. The van der Waals surface area contributed by atoms with Gasteiger partial charge in [0.15, 0.2) is 0 Å². The van der Waals surface area contributed by atoms with E-state index in [0.29, 0.717) is 11.6 Å². The maximum absolute atomic E-state index is 5.69. The highest BCUT2D eigenvalue weighted by molar-refractivity contribution is 6.30. The van der Waals surface area contributed by atoms with Crippen molar-refractivity contribution in [3.63, 3.8) is 0 Å². The standard InChI is InChI=1S/C9H8ClO/c1-2-6-11-9-5-3-4-8(10)7-9/h2,4-5,7H,1,6H2. The minimum atomic E-state index is 0.494. The molecule has 0 N–H and O–H groups in total. The lowest BCUT2D eigenvalue weighted by Gasteiger charge is -2.01. The summed E-state index contributed by atoms with van der Waals surface area (Å²) in [4.78, 5) is 0. The topological polar surface area (TPSA) is 9.23 Å². The lowest BCUT2D eigenvalue weighted by Crippen LogP contribution is -1.91. The minimum Gasteiger partial charge on any atom is -0.489 e. The third kappa shape index (κ3) is 2.64. The third-order valence-electron chi connectivity index (χ3n) is 1.09. The van der Waals surface area contributed by atoms with Crippen LogP contribution in [-0.4, -0.2) is 6.61 Å². The minimum absolute atomic E-state index is 0.494. The van der Waals surface area contributed by atoms with Crippen LogP contribution in [0.2, 0.25) is 5.02 Å². The molecule has 0 saturated heterocycles. The molecule has 57 valence electrons. The second-order valence-electron chi connectivity index (χ2n) is 1.99. The van der Waals surface area contributed by atoms with Crippen LogP contribution in [0.5, 0.6) is 5.75 Å². The van der Waals surface area contributed by atoms with Crippen molar-refractivity contribution < 1.29 is 4.74 Å². The molecule has 0 aliphatic heterocycles. The first-order valence-corrected chi connectivity index (χ1v) is 3.61. The Morgan fingerprint density at radius 3 is 3.09 bits per heavy atom. The molecule has 0 aromatic heterocycles. The van der Waals surface area contributed by atoms with Crippen LogP contribution in [0.25, 0.3) is 0 Å². The van der Waals surface area contributed by atoms with Gasteiger partial charge in [-0.25, -0.2) is 0 Å². The van der Waals surface area contributed by atoms with E-state index in [1.807, 2.05) is 0 Å². The highest BCUT2D eigenvalue weighted by Crippen LogP contribution is 2.16.